The molecule has 7 heteroatoms. The second-order valence-electron chi connectivity index (χ2n) is 5.20. The van der Waals surface area contributed by atoms with Crippen LogP contribution in [0.15, 0.2) is 60.8 Å². The van der Waals surface area contributed by atoms with Gasteiger partial charge in [-0.15, -0.1) is 5.10 Å². The number of hydrogen-bond donors (Lipinski definition) is 1. The molecule has 0 atom stereocenters. The molecule has 0 aliphatic carbocycles. The highest BCUT2D eigenvalue weighted by atomic mass is 16.5. The number of ether oxygens (including phenoxy) is 1. The van der Waals surface area contributed by atoms with Crippen molar-refractivity contribution >= 4 is 29.1 Å². The van der Waals surface area contributed by atoms with Crippen molar-refractivity contribution in [3.63, 3.8) is 0 Å². The van der Waals surface area contributed by atoms with E-state index in [1.165, 1.54) is 13.3 Å². The van der Waals surface area contributed by atoms with Gasteiger partial charge < -0.3 is 15.0 Å². The first kappa shape index (κ1) is 16.4. The number of benzene rings is 2. The van der Waals surface area contributed by atoms with Gasteiger partial charge in [-0.2, -0.15) is 10.1 Å². The number of nitrogens with zero attached hydrogens (tertiary/aromatic N) is 4. The maximum absolute atomic E-state index is 11.9. The van der Waals surface area contributed by atoms with Crippen LogP contribution in [0.2, 0.25) is 0 Å². The van der Waals surface area contributed by atoms with Crippen LogP contribution in [0.3, 0.4) is 0 Å². The van der Waals surface area contributed by atoms with Crippen LogP contribution in [0.5, 0.6) is 0 Å². The first-order valence-corrected chi connectivity index (χ1v) is 7.62. The lowest BCUT2D eigenvalue weighted by Crippen LogP contribution is -2.14. The van der Waals surface area contributed by atoms with E-state index >= 15 is 0 Å². The van der Waals surface area contributed by atoms with E-state index in [1.54, 1.807) is 18.2 Å². The average molecular weight is 335 g/mol. The van der Waals surface area contributed by atoms with E-state index in [9.17, 15) is 4.79 Å². The molecule has 0 saturated heterocycles. The zero-order valence-corrected chi connectivity index (χ0v) is 13.9. The van der Waals surface area contributed by atoms with Crippen LogP contribution < -0.4 is 10.2 Å². The van der Waals surface area contributed by atoms with Gasteiger partial charge >= 0.3 is 5.97 Å². The lowest BCUT2D eigenvalue weighted by molar-refractivity contribution is 0.0602. The zero-order valence-electron chi connectivity index (χ0n) is 13.9. The van der Waals surface area contributed by atoms with Gasteiger partial charge in [0, 0.05) is 12.7 Å². The predicted molar refractivity (Wildman–Crippen MR) is 95.4 cm³/mol. The van der Waals surface area contributed by atoms with Gasteiger partial charge in [0.15, 0.2) is 5.82 Å². The van der Waals surface area contributed by atoms with Crippen molar-refractivity contribution in [2.24, 2.45) is 0 Å². The Morgan fingerprint density at radius 1 is 1.08 bits per heavy atom. The largest absolute Gasteiger partial charge is 0.465 e. The van der Waals surface area contributed by atoms with Gasteiger partial charge in [0.05, 0.1) is 24.6 Å². The topological polar surface area (TPSA) is 80.2 Å². The molecule has 0 aliphatic heterocycles. The molecular formula is C18H17N5O2. The SMILES string of the molecule is COC(=O)c1ccccc1Nc1cnnc(N(C)c2ccccc2)n1. The van der Waals surface area contributed by atoms with Gasteiger partial charge in [0.25, 0.3) is 5.95 Å². The Kier molecular flexibility index (Phi) is 4.84. The van der Waals surface area contributed by atoms with Crippen LogP contribution in [0, 0.1) is 0 Å². The molecule has 0 saturated carbocycles. The summed E-state index contributed by atoms with van der Waals surface area (Å²) in [6.07, 6.45) is 1.50. The van der Waals surface area contributed by atoms with Crippen molar-refractivity contribution in [1.82, 2.24) is 15.2 Å². The minimum absolute atomic E-state index is 0.418. The molecule has 25 heavy (non-hydrogen) atoms. The maximum atomic E-state index is 11.9. The number of para-hydroxylation sites is 2. The summed E-state index contributed by atoms with van der Waals surface area (Å²) in [5.74, 6) is 0.489. The van der Waals surface area contributed by atoms with E-state index in [0.29, 0.717) is 23.0 Å². The molecule has 0 fully saturated rings. The Hall–Kier alpha value is -3.48. The minimum Gasteiger partial charge on any atom is -0.465 e. The molecule has 1 aromatic heterocycles. The van der Waals surface area contributed by atoms with Crippen LogP contribution in [0.4, 0.5) is 23.1 Å². The maximum Gasteiger partial charge on any atom is 0.339 e. The Labute approximate surface area is 145 Å². The predicted octanol–water partition coefficient (Wildman–Crippen LogP) is 3.17. The number of rotatable bonds is 5. The number of carbonyl (C=O) groups excluding carboxylic acids is 1. The van der Waals surface area contributed by atoms with Gasteiger partial charge in [-0.1, -0.05) is 30.3 Å². The van der Waals surface area contributed by atoms with E-state index < -0.39 is 5.97 Å². The minimum atomic E-state index is -0.424. The average Bonchev–Trinajstić information content (AvgIpc) is 2.68. The highest BCUT2D eigenvalue weighted by Crippen LogP contribution is 2.23. The van der Waals surface area contributed by atoms with Gasteiger partial charge in [-0.3, -0.25) is 0 Å². The standard InChI is InChI=1S/C18H17N5O2/c1-23(13-8-4-3-5-9-13)18-21-16(12-19-22-18)20-15-11-7-6-10-14(15)17(24)25-2/h3-12H,1-2H3,(H,20,21,22). The fourth-order valence-corrected chi connectivity index (χ4v) is 2.28. The molecule has 0 bridgehead atoms. The number of esters is 1. The number of methoxy groups -OCH3 is 1. The highest BCUT2D eigenvalue weighted by molar-refractivity contribution is 5.96. The first-order valence-electron chi connectivity index (χ1n) is 7.62. The van der Waals surface area contributed by atoms with E-state index in [1.807, 2.05) is 48.3 Å². The fourth-order valence-electron chi connectivity index (χ4n) is 2.28. The van der Waals surface area contributed by atoms with Crippen molar-refractivity contribution in [2.75, 3.05) is 24.4 Å². The molecule has 1 heterocycles. The highest BCUT2D eigenvalue weighted by Gasteiger charge is 2.13. The number of anilines is 4. The number of hydrogen-bond acceptors (Lipinski definition) is 7. The van der Waals surface area contributed by atoms with Gasteiger partial charge in [-0.05, 0) is 24.3 Å². The molecule has 2 aromatic carbocycles. The molecule has 0 aliphatic rings. The molecule has 0 radical (unpaired) electrons. The Morgan fingerprint density at radius 2 is 1.80 bits per heavy atom. The normalized spacial score (nSPS) is 10.2. The third-order valence-electron chi connectivity index (χ3n) is 3.59. The Balaban J connectivity index is 1.87. The lowest BCUT2D eigenvalue weighted by Gasteiger charge is -2.17. The fraction of sp³-hybridized carbons (Fsp3) is 0.111. The van der Waals surface area contributed by atoms with Crippen molar-refractivity contribution < 1.29 is 9.53 Å². The summed E-state index contributed by atoms with van der Waals surface area (Å²) in [5.41, 5.74) is 1.95. The van der Waals surface area contributed by atoms with E-state index in [4.69, 9.17) is 4.74 Å². The smallest absolute Gasteiger partial charge is 0.339 e. The third kappa shape index (κ3) is 3.72. The van der Waals surface area contributed by atoms with Crippen LogP contribution in [0.25, 0.3) is 0 Å². The van der Waals surface area contributed by atoms with Gasteiger partial charge in [-0.25, -0.2) is 4.79 Å². The van der Waals surface area contributed by atoms with Gasteiger partial charge in [0.1, 0.15) is 0 Å². The molecule has 7 nitrogen and oxygen atoms in total. The summed E-state index contributed by atoms with van der Waals surface area (Å²) >= 11 is 0. The van der Waals surface area contributed by atoms with Crippen LogP contribution in [-0.4, -0.2) is 35.3 Å². The molecule has 1 N–H and O–H groups in total. The second kappa shape index (κ2) is 7.39. The van der Waals surface area contributed by atoms with E-state index in [-0.39, 0.29) is 0 Å². The second-order valence-corrected chi connectivity index (χ2v) is 5.20. The molecular weight excluding hydrogens is 318 g/mol. The van der Waals surface area contributed by atoms with Crippen molar-refractivity contribution in [2.45, 2.75) is 0 Å². The molecule has 3 aromatic rings. The summed E-state index contributed by atoms with van der Waals surface area (Å²) in [6, 6.07) is 16.8. The van der Waals surface area contributed by atoms with Crippen LogP contribution in [-0.2, 0) is 4.74 Å². The third-order valence-corrected chi connectivity index (χ3v) is 3.59. The van der Waals surface area contributed by atoms with E-state index in [0.717, 1.165) is 5.69 Å². The quantitative estimate of drug-likeness (QED) is 0.717. The summed E-state index contributed by atoms with van der Waals surface area (Å²) in [7, 11) is 3.21. The van der Waals surface area contributed by atoms with Crippen molar-refractivity contribution in [3.8, 4) is 0 Å². The molecule has 126 valence electrons. The van der Waals surface area contributed by atoms with Crippen molar-refractivity contribution in [1.29, 1.82) is 0 Å². The Bertz CT molecular complexity index is 870. The van der Waals surface area contributed by atoms with E-state index in [2.05, 4.69) is 20.5 Å². The summed E-state index contributed by atoms with van der Waals surface area (Å²) in [4.78, 5) is 18.1. The first-order chi connectivity index (χ1) is 12.2. The summed E-state index contributed by atoms with van der Waals surface area (Å²) < 4.78 is 4.80. The molecule has 0 spiro atoms. The monoisotopic (exact) mass is 335 g/mol. The number of nitrogens with one attached hydrogen (secondary N) is 1. The Morgan fingerprint density at radius 3 is 2.56 bits per heavy atom. The van der Waals surface area contributed by atoms with Crippen LogP contribution >= 0.6 is 0 Å². The number of carbonyl (C=O) groups is 1. The van der Waals surface area contributed by atoms with Gasteiger partial charge in [0.2, 0.25) is 0 Å². The van der Waals surface area contributed by atoms with Crippen molar-refractivity contribution in [3.05, 3.63) is 66.4 Å². The zero-order chi connectivity index (χ0) is 17.6. The molecule has 3 rings (SSSR count). The lowest BCUT2D eigenvalue weighted by atomic mass is 10.2. The molecule has 0 amide bonds. The van der Waals surface area contributed by atoms with Crippen LogP contribution in [0.1, 0.15) is 10.4 Å². The summed E-state index contributed by atoms with van der Waals surface area (Å²) in [6.45, 7) is 0. The molecule has 0 unspecified atom stereocenters. The summed E-state index contributed by atoms with van der Waals surface area (Å²) in [5, 5.41) is 11.1. The number of aromatic nitrogens is 3.